The molecule has 2 aliphatic rings. The second-order valence-corrected chi connectivity index (χ2v) is 3.64. The number of hydrogen-bond acceptors (Lipinski definition) is 2. The summed E-state index contributed by atoms with van der Waals surface area (Å²) in [6.07, 6.45) is 8.41. The van der Waals surface area contributed by atoms with E-state index in [2.05, 4.69) is 4.90 Å². The number of carbonyl (C=O) groups is 1. The van der Waals surface area contributed by atoms with Crippen LogP contribution in [-0.4, -0.2) is 29.8 Å². The molecule has 0 aromatic carbocycles. The highest BCUT2D eigenvalue weighted by molar-refractivity contribution is 5.95. The molecule has 1 fully saturated rings. The molecule has 2 rings (SSSR count). The van der Waals surface area contributed by atoms with Crippen LogP contribution in [0.2, 0.25) is 0 Å². The molecule has 0 radical (unpaired) electrons. The molecular formula is C10H15NO. The summed E-state index contributed by atoms with van der Waals surface area (Å²) in [6, 6.07) is 0.220. The van der Waals surface area contributed by atoms with Gasteiger partial charge in [-0.25, -0.2) is 0 Å². The second kappa shape index (κ2) is 3.40. The molecule has 1 heterocycles. The Hall–Kier alpha value is -0.630. The molecular weight excluding hydrogens is 150 g/mol. The molecule has 1 aliphatic heterocycles. The minimum Gasteiger partial charge on any atom is -0.293 e. The Bertz CT molecular complexity index is 204. The van der Waals surface area contributed by atoms with Crippen LogP contribution in [-0.2, 0) is 4.79 Å². The number of ketones is 1. The van der Waals surface area contributed by atoms with Crippen molar-refractivity contribution in [2.75, 3.05) is 13.1 Å². The lowest BCUT2D eigenvalue weighted by molar-refractivity contribution is -0.119. The average molecular weight is 165 g/mol. The van der Waals surface area contributed by atoms with Gasteiger partial charge in [0.2, 0.25) is 0 Å². The van der Waals surface area contributed by atoms with Gasteiger partial charge in [0.1, 0.15) is 0 Å². The van der Waals surface area contributed by atoms with Crippen LogP contribution in [0, 0.1) is 0 Å². The maximum absolute atomic E-state index is 11.5. The number of likely N-dealkylation sites (tertiary alicyclic amines) is 1. The molecule has 12 heavy (non-hydrogen) atoms. The van der Waals surface area contributed by atoms with Crippen LogP contribution in [0.15, 0.2) is 12.2 Å². The lowest BCUT2D eigenvalue weighted by Gasteiger charge is -2.26. The van der Waals surface area contributed by atoms with Crippen LogP contribution in [0.5, 0.6) is 0 Å². The predicted molar refractivity (Wildman–Crippen MR) is 48.0 cm³/mol. The van der Waals surface area contributed by atoms with E-state index in [4.69, 9.17) is 0 Å². The first-order chi connectivity index (χ1) is 5.88. The van der Waals surface area contributed by atoms with Gasteiger partial charge in [-0.1, -0.05) is 6.08 Å². The summed E-state index contributed by atoms with van der Waals surface area (Å²) in [7, 11) is 0. The third-order valence-corrected chi connectivity index (χ3v) is 2.80. The summed E-state index contributed by atoms with van der Waals surface area (Å²) < 4.78 is 0. The number of hydrogen-bond donors (Lipinski definition) is 0. The molecule has 0 aromatic heterocycles. The number of nitrogens with zero attached hydrogens (tertiary/aromatic N) is 1. The molecule has 0 aromatic rings. The van der Waals surface area contributed by atoms with Crippen molar-refractivity contribution >= 4 is 5.78 Å². The van der Waals surface area contributed by atoms with Gasteiger partial charge in [0.25, 0.3) is 0 Å². The third-order valence-electron chi connectivity index (χ3n) is 2.80. The SMILES string of the molecule is O=C1C=CCCC1N1CCCC1. The summed E-state index contributed by atoms with van der Waals surface area (Å²) in [4.78, 5) is 13.8. The van der Waals surface area contributed by atoms with Crippen molar-refractivity contribution in [3.63, 3.8) is 0 Å². The number of rotatable bonds is 1. The Kier molecular flexibility index (Phi) is 2.26. The van der Waals surface area contributed by atoms with E-state index < -0.39 is 0 Å². The molecule has 0 N–H and O–H groups in total. The fraction of sp³-hybridized carbons (Fsp3) is 0.700. The van der Waals surface area contributed by atoms with Crippen LogP contribution >= 0.6 is 0 Å². The fourth-order valence-electron chi connectivity index (χ4n) is 2.12. The van der Waals surface area contributed by atoms with Crippen LogP contribution in [0.1, 0.15) is 25.7 Å². The lowest BCUT2D eigenvalue weighted by atomic mass is 9.99. The molecule has 0 saturated carbocycles. The first-order valence-electron chi connectivity index (χ1n) is 4.82. The van der Waals surface area contributed by atoms with Gasteiger partial charge < -0.3 is 0 Å². The van der Waals surface area contributed by atoms with Crippen molar-refractivity contribution in [1.29, 1.82) is 0 Å². The Morgan fingerprint density at radius 2 is 2.08 bits per heavy atom. The van der Waals surface area contributed by atoms with Gasteiger partial charge in [-0.2, -0.15) is 0 Å². The summed E-state index contributed by atoms with van der Waals surface area (Å²) in [5, 5.41) is 0. The standard InChI is InChI=1S/C10H15NO/c12-10-6-2-1-5-9(10)11-7-3-4-8-11/h2,6,9H,1,3-5,7-8H2. The highest BCUT2D eigenvalue weighted by Gasteiger charge is 2.27. The molecule has 0 bridgehead atoms. The first kappa shape index (κ1) is 7.99. The molecule has 1 atom stereocenters. The van der Waals surface area contributed by atoms with Crippen molar-refractivity contribution in [2.45, 2.75) is 31.7 Å². The smallest absolute Gasteiger partial charge is 0.172 e. The molecule has 1 saturated heterocycles. The normalized spacial score (nSPS) is 31.3. The van der Waals surface area contributed by atoms with E-state index in [0.29, 0.717) is 5.78 Å². The van der Waals surface area contributed by atoms with Gasteiger partial charge in [0.05, 0.1) is 6.04 Å². The van der Waals surface area contributed by atoms with Crippen molar-refractivity contribution in [3.8, 4) is 0 Å². The average Bonchev–Trinajstić information content (AvgIpc) is 2.57. The Labute approximate surface area is 73.2 Å². The van der Waals surface area contributed by atoms with E-state index in [1.807, 2.05) is 6.08 Å². The van der Waals surface area contributed by atoms with Crippen molar-refractivity contribution < 1.29 is 4.79 Å². The zero-order chi connectivity index (χ0) is 8.39. The third kappa shape index (κ3) is 1.44. The second-order valence-electron chi connectivity index (χ2n) is 3.64. The van der Waals surface area contributed by atoms with Gasteiger partial charge in [-0.15, -0.1) is 0 Å². The summed E-state index contributed by atoms with van der Waals surface area (Å²) in [5.41, 5.74) is 0. The van der Waals surface area contributed by atoms with Gasteiger partial charge in [0.15, 0.2) is 5.78 Å². The number of allylic oxidation sites excluding steroid dienone is 1. The highest BCUT2D eigenvalue weighted by Crippen LogP contribution is 2.19. The van der Waals surface area contributed by atoms with E-state index >= 15 is 0 Å². The summed E-state index contributed by atoms with van der Waals surface area (Å²) in [5.74, 6) is 0.322. The Balaban J connectivity index is 2.02. The van der Waals surface area contributed by atoms with E-state index in [0.717, 1.165) is 25.9 Å². The number of carbonyl (C=O) groups excluding carboxylic acids is 1. The Morgan fingerprint density at radius 3 is 2.75 bits per heavy atom. The lowest BCUT2D eigenvalue weighted by Crippen LogP contribution is -2.39. The van der Waals surface area contributed by atoms with E-state index in [-0.39, 0.29) is 6.04 Å². The highest BCUT2D eigenvalue weighted by atomic mass is 16.1. The monoisotopic (exact) mass is 165 g/mol. The molecule has 2 heteroatoms. The quantitative estimate of drug-likeness (QED) is 0.585. The summed E-state index contributed by atoms with van der Waals surface area (Å²) >= 11 is 0. The molecule has 0 amide bonds. The van der Waals surface area contributed by atoms with Crippen LogP contribution in [0.3, 0.4) is 0 Å². The van der Waals surface area contributed by atoms with E-state index in [1.165, 1.54) is 12.8 Å². The van der Waals surface area contributed by atoms with Gasteiger partial charge >= 0.3 is 0 Å². The predicted octanol–water partition coefficient (Wildman–Crippen LogP) is 1.37. The topological polar surface area (TPSA) is 20.3 Å². The van der Waals surface area contributed by atoms with Crippen molar-refractivity contribution in [1.82, 2.24) is 4.90 Å². The zero-order valence-electron chi connectivity index (χ0n) is 7.33. The molecule has 1 unspecified atom stereocenters. The summed E-state index contributed by atoms with van der Waals surface area (Å²) in [6.45, 7) is 2.26. The zero-order valence-corrected chi connectivity index (χ0v) is 7.33. The van der Waals surface area contributed by atoms with Crippen LogP contribution < -0.4 is 0 Å². The van der Waals surface area contributed by atoms with Crippen LogP contribution in [0.25, 0.3) is 0 Å². The molecule has 1 aliphatic carbocycles. The molecule has 66 valence electrons. The van der Waals surface area contributed by atoms with E-state index in [1.54, 1.807) is 6.08 Å². The van der Waals surface area contributed by atoms with Crippen molar-refractivity contribution in [2.24, 2.45) is 0 Å². The Morgan fingerprint density at radius 1 is 1.33 bits per heavy atom. The fourth-order valence-corrected chi connectivity index (χ4v) is 2.12. The maximum atomic E-state index is 11.5. The maximum Gasteiger partial charge on any atom is 0.172 e. The van der Waals surface area contributed by atoms with Crippen LogP contribution in [0.4, 0.5) is 0 Å². The molecule has 2 nitrogen and oxygen atoms in total. The molecule has 0 spiro atoms. The minimum atomic E-state index is 0.220. The largest absolute Gasteiger partial charge is 0.293 e. The minimum absolute atomic E-state index is 0.220. The van der Waals surface area contributed by atoms with E-state index in [9.17, 15) is 4.79 Å². The van der Waals surface area contributed by atoms with Gasteiger partial charge in [-0.3, -0.25) is 9.69 Å². The van der Waals surface area contributed by atoms with Gasteiger partial charge in [-0.05, 0) is 44.8 Å². The van der Waals surface area contributed by atoms with Gasteiger partial charge in [0, 0.05) is 0 Å². The van der Waals surface area contributed by atoms with Crippen molar-refractivity contribution in [3.05, 3.63) is 12.2 Å². The first-order valence-corrected chi connectivity index (χ1v) is 4.82.